The summed E-state index contributed by atoms with van der Waals surface area (Å²) < 4.78 is 2.80. The fourth-order valence-corrected chi connectivity index (χ4v) is 2.14. The van der Waals surface area contributed by atoms with Crippen LogP contribution in [0, 0.1) is 0 Å². The average Bonchev–Trinajstić information content (AvgIpc) is 3.05. The molecule has 0 radical (unpaired) electrons. The lowest BCUT2D eigenvalue weighted by atomic mass is 10.2. The van der Waals surface area contributed by atoms with E-state index in [-0.39, 0.29) is 5.69 Å². The molecule has 20 heavy (non-hydrogen) atoms. The van der Waals surface area contributed by atoms with Crippen LogP contribution in [0.25, 0.3) is 28.1 Å². The Hall–Kier alpha value is -3.03. The number of H-pyrrole nitrogens is 1. The third-order valence-electron chi connectivity index (χ3n) is 3.04. The molecule has 0 amide bonds. The summed E-state index contributed by atoms with van der Waals surface area (Å²) in [5.74, 6) is 0.375. The highest BCUT2D eigenvalue weighted by Gasteiger charge is 2.13. The van der Waals surface area contributed by atoms with Crippen molar-refractivity contribution >= 4 is 16.6 Å². The van der Waals surface area contributed by atoms with Crippen molar-refractivity contribution in [1.29, 1.82) is 0 Å². The van der Waals surface area contributed by atoms with Gasteiger partial charge in [0.25, 0.3) is 0 Å². The molecular weight excluding hydrogens is 258 g/mol. The van der Waals surface area contributed by atoms with E-state index in [0.29, 0.717) is 17.2 Å². The molecule has 3 heterocycles. The van der Waals surface area contributed by atoms with Crippen LogP contribution in [0.1, 0.15) is 0 Å². The van der Waals surface area contributed by atoms with Crippen molar-refractivity contribution < 1.29 is 0 Å². The molecule has 0 unspecified atom stereocenters. The number of hydrogen-bond donors (Lipinski definition) is 1. The number of aryl methyl sites for hydroxylation is 1. The highest BCUT2D eigenvalue weighted by Crippen LogP contribution is 2.17. The molecule has 1 aromatic carbocycles. The quantitative estimate of drug-likeness (QED) is 0.537. The molecule has 0 bridgehead atoms. The van der Waals surface area contributed by atoms with Crippen molar-refractivity contribution in [3.8, 4) is 11.5 Å². The van der Waals surface area contributed by atoms with Crippen molar-refractivity contribution in [3.63, 3.8) is 0 Å². The predicted molar refractivity (Wildman–Crippen MR) is 71.1 cm³/mol. The molecule has 98 valence electrons. The number of nitrogens with one attached hydrogen (secondary N) is 1. The number of rotatable bonds is 1. The molecule has 0 spiro atoms. The summed E-state index contributed by atoms with van der Waals surface area (Å²) in [7, 11) is 1.76. The van der Waals surface area contributed by atoms with Crippen molar-refractivity contribution in [2.75, 3.05) is 0 Å². The zero-order chi connectivity index (χ0) is 13.7. The van der Waals surface area contributed by atoms with E-state index >= 15 is 0 Å². The first-order chi connectivity index (χ1) is 9.72. The van der Waals surface area contributed by atoms with Crippen molar-refractivity contribution in [1.82, 2.24) is 34.6 Å². The maximum atomic E-state index is 12.0. The van der Waals surface area contributed by atoms with Gasteiger partial charge in [-0.1, -0.05) is 17.3 Å². The summed E-state index contributed by atoms with van der Waals surface area (Å²) in [6.07, 6.45) is 1.70. The third kappa shape index (κ3) is 1.44. The van der Waals surface area contributed by atoms with Gasteiger partial charge in [0.1, 0.15) is 0 Å². The van der Waals surface area contributed by atoms with Gasteiger partial charge in [-0.2, -0.15) is 4.52 Å². The van der Waals surface area contributed by atoms with Crippen molar-refractivity contribution in [2.45, 2.75) is 0 Å². The first kappa shape index (κ1) is 10.9. The number of nitrogens with zero attached hydrogens (tertiary/aromatic N) is 6. The van der Waals surface area contributed by atoms with Crippen LogP contribution in [0.4, 0.5) is 0 Å². The fourth-order valence-electron chi connectivity index (χ4n) is 2.14. The van der Waals surface area contributed by atoms with Crippen LogP contribution in [0.2, 0.25) is 0 Å². The molecular formula is C12H9N7O. The maximum Gasteiger partial charge on any atom is 0.348 e. The van der Waals surface area contributed by atoms with Gasteiger partial charge < -0.3 is 4.98 Å². The van der Waals surface area contributed by atoms with E-state index in [9.17, 15) is 4.79 Å². The highest BCUT2D eigenvalue weighted by atomic mass is 16.1. The molecule has 4 aromatic rings. The third-order valence-corrected chi connectivity index (χ3v) is 3.04. The van der Waals surface area contributed by atoms with Crippen LogP contribution < -0.4 is 5.69 Å². The molecule has 0 fully saturated rings. The van der Waals surface area contributed by atoms with Crippen LogP contribution >= 0.6 is 0 Å². The molecule has 8 heteroatoms. The molecule has 0 aliphatic carbocycles. The standard InChI is InChI=1S/C12H9N7O/c1-18-6-9(15-17-18)10-14-11-7-4-2-3-5-8(7)13-12(20)19(11)16-10/h2-6H,1H3,(H,13,20). The monoisotopic (exact) mass is 267 g/mol. The van der Waals surface area contributed by atoms with Gasteiger partial charge in [-0.25, -0.2) is 9.78 Å². The number of benzene rings is 1. The summed E-state index contributed by atoms with van der Waals surface area (Å²) in [5, 5.41) is 12.8. The molecule has 4 rings (SSSR count). The van der Waals surface area contributed by atoms with E-state index in [1.54, 1.807) is 17.9 Å². The van der Waals surface area contributed by atoms with Crippen molar-refractivity contribution in [3.05, 3.63) is 40.9 Å². The number of hydrogen-bond acceptors (Lipinski definition) is 5. The van der Waals surface area contributed by atoms with Crippen molar-refractivity contribution in [2.24, 2.45) is 7.05 Å². The zero-order valence-electron chi connectivity index (χ0n) is 10.5. The topological polar surface area (TPSA) is 93.8 Å². The van der Waals surface area contributed by atoms with Crippen LogP contribution in [-0.2, 0) is 7.05 Å². The molecule has 1 N–H and O–H groups in total. The second-order valence-corrected chi connectivity index (χ2v) is 4.42. The van der Waals surface area contributed by atoms with Gasteiger partial charge in [-0.15, -0.1) is 10.2 Å². The van der Waals surface area contributed by atoms with Gasteiger partial charge in [0.05, 0.1) is 11.7 Å². The lowest BCUT2D eigenvalue weighted by molar-refractivity contribution is 0.715. The van der Waals surface area contributed by atoms with Crippen LogP contribution in [0.5, 0.6) is 0 Å². The normalized spacial score (nSPS) is 11.4. The van der Waals surface area contributed by atoms with E-state index in [4.69, 9.17) is 0 Å². The smallest absolute Gasteiger partial charge is 0.305 e. The molecule has 8 nitrogen and oxygen atoms in total. The molecule has 0 aliphatic rings. The van der Waals surface area contributed by atoms with Gasteiger partial charge in [-0.05, 0) is 12.1 Å². The zero-order valence-corrected chi connectivity index (χ0v) is 10.5. The molecule has 0 saturated carbocycles. The minimum absolute atomic E-state index is 0.332. The Morgan fingerprint density at radius 2 is 2.10 bits per heavy atom. The second-order valence-electron chi connectivity index (χ2n) is 4.42. The Kier molecular flexibility index (Phi) is 2.02. The van der Waals surface area contributed by atoms with Crippen LogP contribution in [0.15, 0.2) is 35.3 Å². The Bertz CT molecular complexity index is 994. The van der Waals surface area contributed by atoms with E-state index in [0.717, 1.165) is 10.9 Å². The van der Waals surface area contributed by atoms with Gasteiger partial charge in [0.2, 0.25) is 5.82 Å². The van der Waals surface area contributed by atoms with Crippen LogP contribution in [-0.4, -0.2) is 34.6 Å². The lowest BCUT2D eigenvalue weighted by Gasteiger charge is -1.97. The van der Waals surface area contributed by atoms with Gasteiger partial charge in [-0.3, -0.25) is 4.68 Å². The van der Waals surface area contributed by atoms with E-state index < -0.39 is 0 Å². The van der Waals surface area contributed by atoms with Gasteiger partial charge >= 0.3 is 5.69 Å². The molecule has 0 saturated heterocycles. The number of para-hydroxylation sites is 1. The molecule has 3 aromatic heterocycles. The fraction of sp³-hybridized carbons (Fsp3) is 0.0833. The minimum atomic E-state index is -0.332. The Morgan fingerprint density at radius 1 is 1.25 bits per heavy atom. The Morgan fingerprint density at radius 3 is 2.90 bits per heavy atom. The SMILES string of the molecule is Cn1cc(-c2nc3c4ccccc4[nH]c(=O)n3n2)nn1. The van der Waals surface area contributed by atoms with Gasteiger partial charge in [0, 0.05) is 12.4 Å². The highest BCUT2D eigenvalue weighted by molar-refractivity contribution is 5.91. The van der Waals surface area contributed by atoms with E-state index in [2.05, 4.69) is 25.4 Å². The second kappa shape index (κ2) is 3.73. The van der Waals surface area contributed by atoms with Gasteiger partial charge in [0.15, 0.2) is 11.3 Å². The first-order valence-corrected chi connectivity index (χ1v) is 5.97. The summed E-state index contributed by atoms with van der Waals surface area (Å²) in [5.41, 5.74) is 1.43. The number of fused-ring (bicyclic) bond motifs is 3. The van der Waals surface area contributed by atoms with Crippen LogP contribution in [0.3, 0.4) is 0 Å². The minimum Gasteiger partial charge on any atom is -0.305 e. The maximum absolute atomic E-state index is 12.0. The lowest BCUT2D eigenvalue weighted by Crippen LogP contribution is -2.17. The summed E-state index contributed by atoms with van der Waals surface area (Å²) in [4.78, 5) is 19.2. The summed E-state index contributed by atoms with van der Waals surface area (Å²) >= 11 is 0. The predicted octanol–water partition coefficient (Wildman–Crippen LogP) is 0.366. The largest absolute Gasteiger partial charge is 0.348 e. The molecule has 0 aliphatic heterocycles. The van der Waals surface area contributed by atoms with E-state index in [1.807, 2.05) is 24.3 Å². The number of aromatic nitrogens is 7. The summed E-state index contributed by atoms with van der Waals surface area (Å²) in [6.45, 7) is 0. The Balaban J connectivity index is 2.10. The summed E-state index contributed by atoms with van der Waals surface area (Å²) in [6, 6.07) is 7.45. The number of aromatic amines is 1. The molecule has 0 atom stereocenters. The average molecular weight is 267 g/mol. The first-order valence-electron chi connectivity index (χ1n) is 5.97. The Labute approximate surface area is 111 Å². The van der Waals surface area contributed by atoms with E-state index in [1.165, 1.54) is 4.52 Å².